The molecule has 1 aromatic rings. The molecule has 3 heteroatoms. The van der Waals surface area contributed by atoms with Crippen LogP contribution in [0.4, 0.5) is 0 Å². The lowest BCUT2D eigenvalue weighted by atomic mass is 10.4. The molecule has 0 radical (unpaired) electrons. The quantitative estimate of drug-likeness (QED) is 0.756. The Morgan fingerprint density at radius 2 is 1.88 bits per heavy atom. The van der Waals surface area contributed by atoms with E-state index in [1.165, 1.54) is 4.90 Å². The molecule has 0 saturated heterocycles. The highest BCUT2D eigenvalue weighted by Crippen LogP contribution is 2.53. The second-order valence-electron chi connectivity index (χ2n) is 4.11. The SMILES string of the molecule is CCOC(=O)C(C)S(C)(C)c1ccccc1. The maximum atomic E-state index is 11.8. The van der Waals surface area contributed by atoms with Crippen molar-refractivity contribution in [1.82, 2.24) is 0 Å². The van der Waals surface area contributed by atoms with Gasteiger partial charge in [0.15, 0.2) is 0 Å². The largest absolute Gasteiger partial charge is 0.465 e. The molecule has 0 bridgehead atoms. The summed E-state index contributed by atoms with van der Waals surface area (Å²) in [7, 11) is -1.13. The molecular weight excluding hydrogens is 220 g/mol. The zero-order valence-electron chi connectivity index (χ0n) is 10.4. The fourth-order valence-corrected chi connectivity index (χ4v) is 3.29. The molecule has 1 atom stereocenters. The van der Waals surface area contributed by atoms with Gasteiger partial charge in [0.05, 0.1) is 11.9 Å². The molecule has 16 heavy (non-hydrogen) atoms. The second kappa shape index (κ2) is 5.39. The third-order valence-corrected chi connectivity index (χ3v) is 6.30. The number of benzene rings is 1. The lowest BCUT2D eigenvalue weighted by Crippen LogP contribution is -2.25. The van der Waals surface area contributed by atoms with Gasteiger partial charge in [0.2, 0.25) is 0 Å². The topological polar surface area (TPSA) is 26.3 Å². The molecule has 0 aliphatic carbocycles. The fraction of sp³-hybridized carbons (Fsp3) is 0.462. The molecule has 1 rings (SSSR count). The summed E-state index contributed by atoms with van der Waals surface area (Å²) in [5.41, 5.74) is 0. The Bertz CT molecular complexity index is 346. The Morgan fingerprint density at radius 1 is 1.31 bits per heavy atom. The summed E-state index contributed by atoms with van der Waals surface area (Å²) < 4.78 is 5.09. The van der Waals surface area contributed by atoms with Gasteiger partial charge in [0, 0.05) is 0 Å². The summed E-state index contributed by atoms with van der Waals surface area (Å²) in [6, 6.07) is 10.2. The molecule has 0 aromatic heterocycles. The molecule has 90 valence electrons. The van der Waals surface area contributed by atoms with Crippen molar-refractivity contribution < 1.29 is 9.53 Å². The number of carbonyl (C=O) groups is 1. The number of rotatable bonds is 4. The lowest BCUT2D eigenvalue weighted by molar-refractivity contribution is -0.142. The van der Waals surface area contributed by atoms with Crippen molar-refractivity contribution in [3.63, 3.8) is 0 Å². The van der Waals surface area contributed by atoms with Gasteiger partial charge < -0.3 is 4.74 Å². The predicted molar refractivity (Wildman–Crippen MR) is 70.2 cm³/mol. The van der Waals surface area contributed by atoms with Crippen molar-refractivity contribution in [1.29, 1.82) is 0 Å². The van der Waals surface area contributed by atoms with Crippen LogP contribution in [0.1, 0.15) is 13.8 Å². The Balaban J connectivity index is 2.89. The van der Waals surface area contributed by atoms with Crippen LogP contribution in [0.25, 0.3) is 0 Å². The van der Waals surface area contributed by atoms with Gasteiger partial charge in [-0.2, -0.15) is 0 Å². The van der Waals surface area contributed by atoms with Gasteiger partial charge >= 0.3 is 5.97 Å². The monoisotopic (exact) mass is 240 g/mol. The fourth-order valence-electron chi connectivity index (χ4n) is 1.48. The summed E-state index contributed by atoms with van der Waals surface area (Å²) in [4.78, 5) is 13.0. The van der Waals surface area contributed by atoms with Crippen LogP contribution < -0.4 is 0 Å². The zero-order chi connectivity index (χ0) is 12.2. The van der Waals surface area contributed by atoms with Gasteiger partial charge in [0.1, 0.15) is 0 Å². The summed E-state index contributed by atoms with van der Waals surface area (Å²) in [5, 5.41) is -0.0603. The predicted octanol–water partition coefficient (Wildman–Crippen LogP) is 3.06. The highest BCUT2D eigenvalue weighted by Gasteiger charge is 2.29. The molecule has 0 amide bonds. The Hall–Kier alpha value is -0.960. The minimum Gasteiger partial charge on any atom is -0.465 e. The van der Waals surface area contributed by atoms with E-state index in [2.05, 4.69) is 24.6 Å². The Morgan fingerprint density at radius 3 is 2.38 bits per heavy atom. The first-order chi connectivity index (χ1) is 7.50. The molecule has 0 aliphatic heterocycles. The molecular formula is C13H20O2S. The summed E-state index contributed by atoms with van der Waals surface area (Å²) >= 11 is 0. The first-order valence-electron chi connectivity index (χ1n) is 5.44. The molecule has 2 nitrogen and oxygen atoms in total. The van der Waals surface area contributed by atoms with Crippen LogP contribution in [0.15, 0.2) is 35.2 Å². The van der Waals surface area contributed by atoms with E-state index in [1.807, 2.05) is 32.0 Å². The van der Waals surface area contributed by atoms with Crippen LogP contribution in [-0.2, 0) is 9.53 Å². The number of hydrogen-bond donors (Lipinski definition) is 0. The van der Waals surface area contributed by atoms with Crippen molar-refractivity contribution in [3.8, 4) is 0 Å². The lowest BCUT2D eigenvalue weighted by Gasteiger charge is -2.36. The average molecular weight is 240 g/mol. The second-order valence-corrected chi connectivity index (χ2v) is 8.10. The van der Waals surface area contributed by atoms with Crippen LogP contribution in [-0.4, -0.2) is 30.3 Å². The van der Waals surface area contributed by atoms with E-state index in [1.54, 1.807) is 0 Å². The Labute approximate surface area is 99.3 Å². The van der Waals surface area contributed by atoms with E-state index >= 15 is 0 Å². The maximum Gasteiger partial charge on any atom is 0.317 e. The van der Waals surface area contributed by atoms with Gasteiger partial charge in [-0.05, 0) is 31.3 Å². The van der Waals surface area contributed by atoms with E-state index in [0.717, 1.165) is 0 Å². The smallest absolute Gasteiger partial charge is 0.317 e. The summed E-state index contributed by atoms with van der Waals surface area (Å²) in [5.74, 6) is -0.0913. The Kier molecular flexibility index (Phi) is 4.42. The van der Waals surface area contributed by atoms with Crippen molar-refractivity contribution in [3.05, 3.63) is 30.3 Å². The third kappa shape index (κ3) is 2.79. The van der Waals surface area contributed by atoms with Crippen LogP contribution >= 0.6 is 10.0 Å². The molecule has 0 fully saturated rings. The highest BCUT2D eigenvalue weighted by molar-refractivity contribution is 8.33. The third-order valence-electron chi connectivity index (χ3n) is 2.85. The summed E-state index contributed by atoms with van der Waals surface area (Å²) in [6.45, 7) is 4.25. The zero-order valence-corrected chi connectivity index (χ0v) is 11.2. The number of carbonyl (C=O) groups excluding carboxylic acids is 1. The standard InChI is InChI=1S/C13H20O2S/c1-5-15-13(14)11(2)16(3,4)12-9-7-6-8-10-12/h6-11H,5H2,1-4H3. The molecule has 0 spiro atoms. The van der Waals surface area contributed by atoms with E-state index < -0.39 is 10.0 Å². The normalized spacial score (nSPS) is 14.2. The highest BCUT2D eigenvalue weighted by atomic mass is 32.3. The van der Waals surface area contributed by atoms with Crippen LogP contribution in [0.5, 0.6) is 0 Å². The van der Waals surface area contributed by atoms with Gasteiger partial charge in [0.25, 0.3) is 0 Å². The minimum atomic E-state index is -1.13. The van der Waals surface area contributed by atoms with Crippen molar-refractivity contribution in [2.24, 2.45) is 0 Å². The van der Waals surface area contributed by atoms with Crippen molar-refractivity contribution >= 4 is 16.0 Å². The summed E-state index contributed by atoms with van der Waals surface area (Å²) in [6.07, 6.45) is 4.31. The van der Waals surface area contributed by atoms with E-state index in [4.69, 9.17) is 4.74 Å². The molecule has 0 N–H and O–H groups in total. The van der Waals surface area contributed by atoms with E-state index in [-0.39, 0.29) is 11.2 Å². The van der Waals surface area contributed by atoms with Crippen molar-refractivity contribution in [2.75, 3.05) is 19.1 Å². The first-order valence-corrected chi connectivity index (χ1v) is 7.95. The number of esters is 1. The minimum absolute atomic E-state index is 0.0603. The van der Waals surface area contributed by atoms with Crippen molar-refractivity contribution in [2.45, 2.75) is 24.0 Å². The van der Waals surface area contributed by atoms with Gasteiger partial charge in [-0.3, -0.25) is 4.79 Å². The molecule has 0 aliphatic rings. The molecule has 0 heterocycles. The first kappa shape index (κ1) is 13.1. The van der Waals surface area contributed by atoms with Crippen LogP contribution in [0.2, 0.25) is 0 Å². The van der Waals surface area contributed by atoms with Gasteiger partial charge in [-0.1, -0.05) is 30.3 Å². The molecule has 1 aromatic carbocycles. The maximum absolute atomic E-state index is 11.8. The van der Waals surface area contributed by atoms with E-state index in [0.29, 0.717) is 6.61 Å². The number of ether oxygens (including phenoxy) is 1. The molecule has 0 saturated carbocycles. The average Bonchev–Trinajstić information content (AvgIpc) is 2.29. The van der Waals surface area contributed by atoms with E-state index in [9.17, 15) is 4.79 Å². The molecule has 1 unspecified atom stereocenters. The van der Waals surface area contributed by atoms with Gasteiger partial charge in [-0.15, -0.1) is 0 Å². The van der Waals surface area contributed by atoms with Gasteiger partial charge in [-0.25, -0.2) is 10.0 Å². The van der Waals surface area contributed by atoms with Crippen LogP contribution in [0.3, 0.4) is 0 Å². The number of hydrogen-bond acceptors (Lipinski definition) is 2. The van der Waals surface area contributed by atoms with Crippen LogP contribution in [0, 0.1) is 0 Å².